The molecule has 0 saturated heterocycles. The lowest BCUT2D eigenvalue weighted by Gasteiger charge is -2.41. The van der Waals surface area contributed by atoms with E-state index in [2.05, 4.69) is 5.29 Å². The summed E-state index contributed by atoms with van der Waals surface area (Å²) in [6.07, 6.45) is 5.12. The van der Waals surface area contributed by atoms with Crippen molar-refractivity contribution in [2.24, 2.45) is 11.0 Å². The molecule has 0 aromatic carbocycles. The molecule has 1 aliphatic rings. The molecule has 16 heavy (non-hydrogen) atoms. The lowest BCUT2D eigenvalue weighted by Crippen LogP contribution is -2.52. The van der Waals surface area contributed by atoms with Crippen molar-refractivity contribution in [1.82, 2.24) is 5.01 Å². The fourth-order valence-electron chi connectivity index (χ4n) is 2.60. The lowest BCUT2D eigenvalue weighted by molar-refractivity contribution is 0.0754. The van der Waals surface area contributed by atoms with E-state index in [0.29, 0.717) is 6.42 Å². The SMILES string of the molecule is CC(Cl)CC1(N(N=O)C(N)=O)CCCCC1. The normalized spacial score (nSPS) is 21.1. The largest absolute Gasteiger partial charge is 0.350 e. The molecule has 92 valence electrons. The predicted molar refractivity (Wildman–Crippen MR) is 63.0 cm³/mol. The van der Waals surface area contributed by atoms with Crippen LogP contribution in [-0.4, -0.2) is 22.0 Å². The first-order chi connectivity index (χ1) is 7.52. The second kappa shape index (κ2) is 5.48. The summed E-state index contributed by atoms with van der Waals surface area (Å²) in [5.41, 5.74) is 4.63. The smallest absolute Gasteiger partial charge is 0.338 e. The number of nitrogens with zero attached hydrogens (tertiary/aromatic N) is 2. The first kappa shape index (κ1) is 13.2. The van der Waals surface area contributed by atoms with Crippen LogP contribution < -0.4 is 5.73 Å². The molecule has 1 saturated carbocycles. The second-order valence-corrected chi connectivity index (χ2v) is 5.25. The molecule has 0 radical (unpaired) electrons. The summed E-state index contributed by atoms with van der Waals surface area (Å²) in [5, 5.41) is 3.57. The van der Waals surface area contributed by atoms with Crippen molar-refractivity contribution >= 4 is 17.6 Å². The van der Waals surface area contributed by atoms with Gasteiger partial charge < -0.3 is 5.73 Å². The average Bonchev–Trinajstić information content (AvgIpc) is 2.17. The van der Waals surface area contributed by atoms with Crippen molar-refractivity contribution < 1.29 is 4.79 Å². The molecule has 2 amide bonds. The molecule has 0 spiro atoms. The third-order valence-corrected chi connectivity index (χ3v) is 3.34. The molecule has 1 fully saturated rings. The van der Waals surface area contributed by atoms with Gasteiger partial charge in [0.2, 0.25) is 0 Å². The van der Waals surface area contributed by atoms with Crippen LogP contribution >= 0.6 is 11.6 Å². The summed E-state index contributed by atoms with van der Waals surface area (Å²) in [6, 6.07) is -0.783. The molecule has 0 aromatic heterocycles. The van der Waals surface area contributed by atoms with Crippen LogP contribution in [-0.2, 0) is 0 Å². The van der Waals surface area contributed by atoms with Gasteiger partial charge in [0.1, 0.15) is 0 Å². The number of nitroso groups, excluding NO2 is 1. The fraction of sp³-hybridized carbons (Fsp3) is 0.900. The molecule has 0 heterocycles. The van der Waals surface area contributed by atoms with Gasteiger partial charge in [-0.2, -0.15) is 5.01 Å². The number of hydrogen-bond donors (Lipinski definition) is 1. The number of alkyl halides is 1. The zero-order valence-electron chi connectivity index (χ0n) is 9.49. The van der Waals surface area contributed by atoms with E-state index in [9.17, 15) is 9.70 Å². The highest BCUT2D eigenvalue weighted by Gasteiger charge is 2.42. The second-order valence-electron chi connectivity index (χ2n) is 4.50. The van der Waals surface area contributed by atoms with Gasteiger partial charge in [-0.1, -0.05) is 19.3 Å². The minimum absolute atomic E-state index is 0.110. The highest BCUT2D eigenvalue weighted by molar-refractivity contribution is 6.20. The zero-order chi connectivity index (χ0) is 12.2. The fourth-order valence-corrected chi connectivity index (χ4v) is 2.88. The third kappa shape index (κ3) is 2.84. The van der Waals surface area contributed by atoms with Gasteiger partial charge in [0.15, 0.2) is 0 Å². The van der Waals surface area contributed by atoms with Crippen LogP contribution in [0.2, 0.25) is 0 Å². The number of hydrogen-bond acceptors (Lipinski definition) is 3. The average molecular weight is 248 g/mol. The van der Waals surface area contributed by atoms with Gasteiger partial charge in [-0.15, -0.1) is 16.5 Å². The van der Waals surface area contributed by atoms with Gasteiger partial charge >= 0.3 is 6.03 Å². The van der Waals surface area contributed by atoms with E-state index in [1.54, 1.807) is 0 Å². The van der Waals surface area contributed by atoms with Crippen LogP contribution in [0.4, 0.5) is 4.79 Å². The van der Waals surface area contributed by atoms with Crippen molar-refractivity contribution in [1.29, 1.82) is 0 Å². The van der Waals surface area contributed by atoms with Crippen LogP contribution in [0.1, 0.15) is 45.4 Å². The minimum Gasteiger partial charge on any atom is -0.350 e. The summed E-state index contributed by atoms with van der Waals surface area (Å²) in [7, 11) is 0. The van der Waals surface area contributed by atoms with Crippen LogP contribution in [0.3, 0.4) is 0 Å². The Bertz CT molecular complexity index is 265. The van der Waals surface area contributed by atoms with Crippen LogP contribution in [0.15, 0.2) is 5.29 Å². The molecular formula is C10H18ClN3O2. The number of primary amides is 1. The van der Waals surface area contributed by atoms with Gasteiger partial charge in [0.25, 0.3) is 0 Å². The van der Waals surface area contributed by atoms with Crippen molar-refractivity contribution in [3.63, 3.8) is 0 Å². The summed E-state index contributed by atoms with van der Waals surface area (Å²) >= 11 is 5.98. The molecule has 0 aliphatic heterocycles. The monoisotopic (exact) mass is 247 g/mol. The molecular weight excluding hydrogens is 230 g/mol. The van der Waals surface area contributed by atoms with Gasteiger partial charge in [-0.3, -0.25) is 0 Å². The number of carbonyl (C=O) groups excluding carboxylic acids is 1. The standard InChI is InChI=1S/C10H18ClN3O2/c1-8(11)7-10(5-3-2-4-6-10)14(13-16)9(12)15/h8H,2-7H2,1H3,(H2,12,15). The summed E-state index contributed by atoms with van der Waals surface area (Å²) in [6.45, 7) is 1.85. The molecule has 1 unspecified atom stereocenters. The number of halogens is 1. The summed E-state index contributed by atoms with van der Waals surface area (Å²) in [4.78, 5) is 22.0. The number of rotatable bonds is 4. The third-order valence-electron chi connectivity index (χ3n) is 3.19. The Kier molecular flexibility index (Phi) is 4.53. The van der Waals surface area contributed by atoms with E-state index >= 15 is 0 Å². The molecule has 5 nitrogen and oxygen atoms in total. The number of nitrogens with two attached hydrogens (primary N) is 1. The first-order valence-corrected chi connectivity index (χ1v) is 6.02. The Hall–Kier alpha value is -0.840. The topological polar surface area (TPSA) is 75.8 Å². The highest BCUT2D eigenvalue weighted by Crippen LogP contribution is 2.38. The molecule has 6 heteroatoms. The number of carbonyl (C=O) groups is 1. The summed E-state index contributed by atoms with van der Waals surface area (Å²) < 4.78 is 0. The van der Waals surface area contributed by atoms with Gasteiger partial charge in [0.05, 0.1) is 10.8 Å². The van der Waals surface area contributed by atoms with Crippen LogP contribution in [0, 0.1) is 4.91 Å². The van der Waals surface area contributed by atoms with Crippen molar-refractivity contribution in [3.05, 3.63) is 4.91 Å². The Labute approximate surface area is 100 Å². The quantitative estimate of drug-likeness (QED) is 0.471. The predicted octanol–water partition coefficient (Wildman–Crippen LogP) is 2.77. The Morgan fingerprint density at radius 2 is 2.06 bits per heavy atom. The maximum absolute atomic E-state index is 11.2. The lowest BCUT2D eigenvalue weighted by atomic mass is 9.78. The zero-order valence-corrected chi connectivity index (χ0v) is 10.2. The van der Waals surface area contributed by atoms with Crippen molar-refractivity contribution in [2.75, 3.05) is 0 Å². The summed E-state index contributed by atoms with van der Waals surface area (Å²) in [5.74, 6) is 0. The highest BCUT2D eigenvalue weighted by atomic mass is 35.5. The Balaban J connectivity index is 2.91. The van der Waals surface area contributed by atoms with E-state index in [0.717, 1.165) is 37.1 Å². The maximum Gasteiger partial charge on any atom is 0.338 e. The van der Waals surface area contributed by atoms with E-state index in [-0.39, 0.29) is 5.38 Å². The van der Waals surface area contributed by atoms with E-state index < -0.39 is 11.6 Å². The Morgan fingerprint density at radius 1 is 1.50 bits per heavy atom. The van der Waals surface area contributed by atoms with Gasteiger partial charge in [0, 0.05) is 5.38 Å². The molecule has 1 atom stereocenters. The van der Waals surface area contributed by atoms with Crippen LogP contribution in [0.5, 0.6) is 0 Å². The molecule has 0 aromatic rings. The molecule has 0 bridgehead atoms. The molecule has 1 aliphatic carbocycles. The Morgan fingerprint density at radius 3 is 2.44 bits per heavy atom. The first-order valence-electron chi connectivity index (χ1n) is 5.59. The van der Waals surface area contributed by atoms with Crippen molar-refractivity contribution in [2.45, 2.75) is 56.4 Å². The van der Waals surface area contributed by atoms with E-state index in [4.69, 9.17) is 17.3 Å². The minimum atomic E-state index is -0.783. The van der Waals surface area contributed by atoms with Crippen molar-refractivity contribution in [3.8, 4) is 0 Å². The molecule has 2 N–H and O–H groups in total. The van der Waals surface area contributed by atoms with Gasteiger partial charge in [-0.25, -0.2) is 4.79 Å². The maximum atomic E-state index is 11.2. The van der Waals surface area contributed by atoms with E-state index in [1.165, 1.54) is 0 Å². The van der Waals surface area contributed by atoms with Crippen LogP contribution in [0.25, 0.3) is 0 Å². The van der Waals surface area contributed by atoms with Gasteiger partial charge in [-0.05, 0) is 26.2 Å². The number of urea groups is 1. The van der Waals surface area contributed by atoms with E-state index in [1.807, 2.05) is 6.92 Å². The number of amides is 2. The molecule has 1 rings (SSSR count).